The van der Waals surface area contributed by atoms with E-state index in [0.717, 1.165) is 27.7 Å². The van der Waals surface area contributed by atoms with Gasteiger partial charge in [-0.25, -0.2) is 4.98 Å². The second kappa shape index (κ2) is 8.55. The van der Waals surface area contributed by atoms with Crippen LogP contribution in [0.5, 0.6) is 28.7 Å². The van der Waals surface area contributed by atoms with Crippen LogP contribution in [0, 0.1) is 6.92 Å². The largest absolute Gasteiger partial charge is 0.493 e. The molecule has 0 spiro atoms. The van der Waals surface area contributed by atoms with Crippen LogP contribution in [-0.2, 0) is 4.79 Å². The van der Waals surface area contributed by atoms with Crippen molar-refractivity contribution in [2.24, 2.45) is 0 Å². The summed E-state index contributed by atoms with van der Waals surface area (Å²) in [6.45, 7) is 1.99. The second-order valence-electron chi connectivity index (χ2n) is 6.07. The van der Waals surface area contributed by atoms with Gasteiger partial charge in [-0.05, 0) is 36.8 Å². The minimum atomic E-state index is -0.250. The molecule has 0 unspecified atom stereocenters. The van der Waals surface area contributed by atoms with E-state index >= 15 is 0 Å². The van der Waals surface area contributed by atoms with Gasteiger partial charge in [0.2, 0.25) is 12.5 Å². The zero-order chi connectivity index (χ0) is 21.0. The molecular weight excluding hydrogens is 378 g/mol. The van der Waals surface area contributed by atoms with E-state index in [1.807, 2.05) is 37.3 Å². The van der Waals surface area contributed by atoms with E-state index in [1.165, 1.54) is 0 Å². The van der Waals surface area contributed by atoms with Gasteiger partial charge in [-0.3, -0.25) is 4.79 Å². The van der Waals surface area contributed by atoms with Crippen LogP contribution >= 0.6 is 0 Å². The van der Waals surface area contributed by atoms with Crippen LogP contribution in [-0.4, -0.2) is 44.7 Å². The number of aromatic nitrogens is 1. The first-order valence-corrected chi connectivity index (χ1v) is 8.65. The minimum Gasteiger partial charge on any atom is -0.493 e. The summed E-state index contributed by atoms with van der Waals surface area (Å²) in [6, 6.07) is 9.68. The van der Waals surface area contributed by atoms with Crippen LogP contribution in [0.15, 0.2) is 30.3 Å². The highest BCUT2D eigenvalue weighted by Gasteiger charge is 2.21. The molecule has 3 aromatic rings. The number of aryl methyl sites for hydroxylation is 1. The average Bonchev–Trinajstić information content (AvgIpc) is 3.21. The molecule has 8 heteroatoms. The lowest BCUT2D eigenvalue weighted by Crippen LogP contribution is -1.95. The Balaban J connectivity index is 0.000000755. The predicted molar refractivity (Wildman–Crippen MR) is 106 cm³/mol. The maximum absolute atomic E-state index is 8.36. The fourth-order valence-electron chi connectivity index (χ4n) is 3.15. The van der Waals surface area contributed by atoms with E-state index in [0.29, 0.717) is 28.7 Å². The first kappa shape index (κ1) is 20.1. The van der Waals surface area contributed by atoms with Crippen molar-refractivity contribution in [2.45, 2.75) is 6.92 Å². The SMILES string of the molecule is COc1cc2nc(-c3cc(OC)c4c(c3)OCO4)cc(C)c2cc1OC.O=CO. The average molecular weight is 399 g/mol. The van der Waals surface area contributed by atoms with Crippen molar-refractivity contribution in [2.75, 3.05) is 28.1 Å². The molecule has 29 heavy (non-hydrogen) atoms. The van der Waals surface area contributed by atoms with Gasteiger partial charge in [-0.2, -0.15) is 0 Å². The van der Waals surface area contributed by atoms with Gasteiger partial charge in [0, 0.05) is 17.0 Å². The molecule has 0 fully saturated rings. The molecule has 0 saturated heterocycles. The summed E-state index contributed by atoms with van der Waals surface area (Å²) in [5.74, 6) is 3.24. The molecule has 2 heterocycles. The number of nitrogens with zero attached hydrogens (tertiary/aromatic N) is 1. The lowest BCUT2D eigenvalue weighted by Gasteiger charge is -2.13. The molecule has 1 aliphatic heterocycles. The number of carbonyl (C=O) groups is 1. The first-order chi connectivity index (χ1) is 14.1. The normalized spacial score (nSPS) is 11.4. The van der Waals surface area contributed by atoms with Gasteiger partial charge in [0.1, 0.15) is 0 Å². The Morgan fingerprint density at radius 3 is 2.28 bits per heavy atom. The lowest BCUT2D eigenvalue weighted by atomic mass is 10.0. The fourth-order valence-corrected chi connectivity index (χ4v) is 3.15. The molecule has 1 N–H and O–H groups in total. The van der Waals surface area contributed by atoms with Gasteiger partial charge in [0.15, 0.2) is 23.0 Å². The lowest BCUT2D eigenvalue weighted by molar-refractivity contribution is -0.122. The van der Waals surface area contributed by atoms with E-state index in [4.69, 9.17) is 38.6 Å². The number of ether oxygens (including phenoxy) is 5. The Morgan fingerprint density at radius 1 is 0.966 bits per heavy atom. The Kier molecular flexibility index (Phi) is 5.92. The smallest absolute Gasteiger partial charge is 0.290 e. The van der Waals surface area contributed by atoms with E-state index < -0.39 is 0 Å². The minimum absolute atomic E-state index is 0.191. The topological polar surface area (TPSA) is 96.3 Å². The van der Waals surface area contributed by atoms with Crippen LogP contribution in [0.3, 0.4) is 0 Å². The van der Waals surface area contributed by atoms with Crippen molar-refractivity contribution in [3.05, 3.63) is 35.9 Å². The van der Waals surface area contributed by atoms with Gasteiger partial charge in [-0.15, -0.1) is 0 Å². The summed E-state index contributed by atoms with van der Waals surface area (Å²) in [6.07, 6.45) is 0. The second-order valence-corrected chi connectivity index (χ2v) is 6.07. The summed E-state index contributed by atoms with van der Waals surface area (Å²) >= 11 is 0. The first-order valence-electron chi connectivity index (χ1n) is 8.65. The monoisotopic (exact) mass is 399 g/mol. The molecule has 1 aliphatic rings. The number of carboxylic acid groups (broad SMARTS) is 1. The van der Waals surface area contributed by atoms with Gasteiger partial charge in [-0.1, -0.05) is 0 Å². The van der Waals surface area contributed by atoms with E-state index in [-0.39, 0.29) is 13.3 Å². The quantitative estimate of drug-likeness (QED) is 0.664. The molecule has 2 aromatic carbocycles. The van der Waals surface area contributed by atoms with E-state index in [9.17, 15) is 0 Å². The van der Waals surface area contributed by atoms with Gasteiger partial charge in [0.25, 0.3) is 6.47 Å². The molecule has 0 amide bonds. The van der Waals surface area contributed by atoms with Gasteiger partial charge >= 0.3 is 0 Å². The molecular formula is C21H21NO7. The standard InChI is InChI=1S/C20H19NO5.CH2O2/c1-11-5-14(12-6-18(24-4)20-19(7-12)25-10-26-20)21-15-9-17(23-3)16(22-2)8-13(11)15;2-1-3/h5-9H,10H2,1-4H3;1H,(H,2,3). The molecule has 0 atom stereocenters. The summed E-state index contributed by atoms with van der Waals surface area (Å²) in [5, 5.41) is 7.90. The third-order valence-corrected chi connectivity index (χ3v) is 4.47. The highest BCUT2D eigenvalue weighted by atomic mass is 16.7. The number of pyridine rings is 1. The van der Waals surface area contributed by atoms with Crippen molar-refractivity contribution < 1.29 is 33.6 Å². The zero-order valence-electron chi connectivity index (χ0n) is 16.5. The van der Waals surface area contributed by atoms with Crippen LogP contribution in [0.1, 0.15) is 5.56 Å². The molecule has 0 bridgehead atoms. The van der Waals surface area contributed by atoms with Crippen LogP contribution < -0.4 is 23.7 Å². The number of hydrogen-bond acceptors (Lipinski definition) is 7. The van der Waals surface area contributed by atoms with Crippen LogP contribution in [0.4, 0.5) is 0 Å². The van der Waals surface area contributed by atoms with Crippen molar-refractivity contribution in [3.63, 3.8) is 0 Å². The van der Waals surface area contributed by atoms with Crippen molar-refractivity contribution in [3.8, 4) is 40.0 Å². The highest BCUT2D eigenvalue weighted by Crippen LogP contribution is 2.44. The Bertz CT molecular complexity index is 1050. The third kappa shape index (κ3) is 3.82. The number of benzene rings is 2. The summed E-state index contributed by atoms with van der Waals surface area (Å²) in [5.41, 5.74) is 3.63. The molecule has 0 radical (unpaired) electrons. The number of methoxy groups -OCH3 is 3. The van der Waals surface area contributed by atoms with Gasteiger partial charge < -0.3 is 28.8 Å². The van der Waals surface area contributed by atoms with Crippen molar-refractivity contribution in [1.29, 1.82) is 0 Å². The Morgan fingerprint density at radius 2 is 1.62 bits per heavy atom. The predicted octanol–water partition coefficient (Wildman–Crippen LogP) is 3.67. The zero-order valence-corrected chi connectivity index (χ0v) is 16.5. The van der Waals surface area contributed by atoms with Crippen LogP contribution in [0.2, 0.25) is 0 Å². The van der Waals surface area contributed by atoms with Gasteiger partial charge in [0.05, 0.1) is 32.5 Å². The van der Waals surface area contributed by atoms with Crippen molar-refractivity contribution >= 4 is 17.4 Å². The summed E-state index contributed by atoms with van der Waals surface area (Å²) in [4.78, 5) is 13.2. The molecule has 0 aliphatic carbocycles. The number of hydrogen-bond donors (Lipinski definition) is 1. The summed E-state index contributed by atoms with van der Waals surface area (Å²) in [7, 11) is 4.85. The maximum Gasteiger partial charge on any atom is 0.290 e. The molecule has 0 saturated carbocycles. The number of fused-ring (bicyclic) bond motifs is 2. The molecule has 1 aromatic heterocycles. The molecule has 8 nitrogen and oxygen atoms in total. The van der Waals surface area contributed by atoms with Crippen molar-refractivity contribution in [1.82, 2.24) is 4.98 Å². The van der Waals surface area contributed by atoms with E-state index in [2.05, 4.69) is 0 Å². The number of rotatable bonds is 4. The Hall–Kier alpha value is -3.68. The molecule has 4 rings (SSSR count). The summed E-state index contributed by atoms with van der Waals surface area (Å²) < 4.78 is 27.2. The van der Waals surface area contributed by atoms with E-state index in [1.54, 1.807) is 21.3 Å². The highest BCUT2D eigenvalue weighted by molar-refractivity contribution is 5.88. The fraction of sp³-hybridized carbons (Fsp3) is 0.238. The van der Waals surface area contributed by atoms with Crippen LogP contribution in [0.25, 0.3) is 22.2 Å². The maximum atomic E-state index is 8.36. The Labute approximate surface area is 167 Å². The molecule has 152 valence electrons. The third-order valence-electron chi connectivity index (χ3n) is 4.47.